The molecule has 0 radical (unpaired) electrons. The molecule has 114 valence electrons. The molecule has 0 spiro atoms. The Morgan fingerprint density at radius 2 is 1.82 bits per heavy atom. The summed E-state index contributed by atoms with van der Waals surface area (Å²) in [7, 11) is 3.31. The van der Waals surface area contributed by atoms with Crippen LogP contribution < -0.4 is 21.5 Å². The molecular weight excluding hydrogens is 278 g/mol. The van der Waals surface area contributed by atoms with Gasteiger partial charge in [0.25, 0.3) is 0 Å². The van der Waals surface area contributed by atoms with Gasteiger partial charge >= 0.3 is 0 Å². The number of methoxy groups -OCH3 is 1. The normalized spacial score (nSPS) is 10.6. The molecule has 22 heavy (non-hydrogen) atoms. The number of nitrogen functional groups attached to an aromatic ring is 2. The zero-order valence-corrected chi connectivity index (χ0v) is 12.6. The SMILES string of the molecule is CNc1ccc(/C=C/C(=O)c2ccc(N)c(N)c2OC)cc1. The molecule has 0 aliphatic rings. The molecule has 0 saturated heterocycles. The first-order valence-corrected chi connectivity index (χ1v) is 6.79. The topological polar surface area (TPSA) is 90.4 Å². The van der Waals surface area contributed by atoms with Gasteiger partial charge in [0.15, 0.2) is 11.5 Å². The van der Waals surface area contributed by atoms with Crippen molar-refractivity contribution in [2.24, 2.45) is 0 Å². The Morgan fingerprint density at radius 3 is 2.41 bits per heavy atom. The molecule has 5 N–H and O–H groups in total. The Morgan fingerprint density at radius 1 is 1.14 bits per heavy atom. The highest BCUT2D eigenvalue weighted by Gasteiger charge is 2.14. The first-order chi connectivity index (χ1) is 10.6. The van der Waals surface area contributed by atoms with E-state index in [1.54, 1.807) is 18.2 Å². The van der Waals surface area contributed by atoms with E-state index in [4.69, 9.17) is 16.2 Å². The number of anilines is 3. The first-order valence-electron chi connectivity index (χ1n) is 6.79. The smallest absolute Gasteiger partial charge is 0.189 e. The fraction of sp³-hybridized carbons (Fsp3) is 0.118. The van der Waals surface area contributed by atoms with Gasteiger partial charge in [-0.2, -0.15) is 0 Å². The molecule has 0 unspecified atom stereocenters. The number of hydrogen-bond acceptors (Lipinski definition) is 5. The van der Waals surface area contributed by atoms with Crippen molar-refractivity contribution in [1.29, 1.82) is 0 Å². The second-order valence-corrected chi connectivity index (χ2v) is 4.72. The van der Waals surface area contributed by atoms with Gasteiger partial charge in [0.2, 0.25) is 0 Å². The van der Waals surface area contributed by atoms with Crippen LogP contribution in [0.25, 0.3) is 6.08 Å². The van der Waals surface area contributed by atoms with E-state index in [2.05, 4.69) is 5.32 Å². The van der Waals surface area contributed by atoms with E-state index in [1.165, 1.54) is 13.2 Å². The summed E-state index contributed by atoms with van der Waals surface area (Å²) >= 11 is 0. The minimum atomic E-state index is -0.193. The molecule has 2 rings (SSSR count). The van der Waals surface area contributed by atoms with Crippen molar-refractivity contribution in [1.82, 2.24) is 0 Å². The van der Waals surface area contributed by atoms with Gasteiger partial charge in [-0.3, -0.25) is 4.79 Å². The highest BCUT2D eigenvalue weighted by Crippen LogP contribution is 2.32. The van der Waals surface area contributed by atoms with Gasteiger partial charge in [-0.1, -0.05) is 18.2 Å². The van der Waals surface area contributed by atoms with E-state index in [9.17, 15) is 4.79 Å². The second-order valence-electron chi connectivity index (χ2n) is 4.72. The van der Waals surface area contributed by atoms with E-state index in [1.807, 2.05) is 31.3 Å². The van der Waals surface area contributed by atoms with Crippen LogP contribution in [-0.2, 0) is 0 Å². The number of ether oxygens (including phenoxy) is 1. The number of nitrogens with one attached hydrogen (secondary N) is 1. The third kappa shape index (κ3) is 3.20. The number of allylic oxidation sites excluding steroid dienone is 1. The molecule has 0 aliphatic heterocycles. The minimum absolute atomic E-state index is 0.193. The second kappa shape index (κ2) is 6.67. The lowest BCUT2D eigenvalue weighted by molar-refractivity contribution is 0.104. The summed E-state index contributed by atoms with van der Waals surface area (Å²) in [5.74, 6) is 0.112. The van der Waals surface area contributed by atoms with Crippen LogP contribution in [-0.4, -0.2) is 19.9 Å². The predicted molar refractivity (Wildman–Crippen MR) is 91.2 cm³/mol. The minimum Gasteiger partial charge on any atom is -0.494 e. The molecule has 0 bridgehead atoms. The Labute approximate surface area is 129 Å². The van der Waals surface area contributed by atoms with E-state index in [-0.39, 0.29) is 11.5 Å². The first kappa shape index (κ1) is 15.4. The highest BCUT2D eigenvalue weighted by atomic mass is 16.5. The van der Waals surface area contributed by atoms with Gasteiger partial charge in [-0.15, -0.1) is 0 Å². The van der Waals surface area contributed by atoms with Crippen LogP contribution in [0.3, 0.4) is 0 Å². The summed E-state index contributed by atoms with van der Waals surface area (Å²) < 4.78 is 5.19. The summed E-state index contributed by atoms with van der Waals surface area (Å²) in [6.07, 6.45) is 3.23. The molecule has 0 heterocycles. The fourth-order valence-electron chi connectivity index (χ4n) is 2.05. The van der Waals surface area contributed by atoms with E-state index in [0.29, 0.717) is 17.0 Å². The average molecular weight is 297 g/mol. The summed E-state index contributed by atoms with van der Waals surface area (Å²) in [4.78, 5) is 12.3. The van der Waals surface area contributed by atoms with E-state index >= 15 is 0 Å². The average Bonchev–Trinajstić information content (AvgIpc) is 2.55. The number of carbonyl (C=O) groups excluding carboxylic acids is 1. The van der Waals surface area contributed by atoms with E-state index < -0.39 is 0 Å². The molecular formula is C17H19N3O2. The maximum Gasteiger partial charge on any atom is 0.189 e. The number of nitrogens with two attached hydrogens (primary N) is 2. The zero-order chi connectivity index (χ0) is 16.1. The quantitative estimate of drug-likeness (QED) is 0.448. The standard InChI is InChI=1S/C17H19N3O2/c1-20-12-6-3-11(4-7-12)5-10-15(21)13-8-9-14(18)16(19)17(13)22-2/h3-10,20H,18-19H2,1-2H3/b10-5+. The fourth-order valence-corrected chi connectivity index (χ4v) is 2.05. The summed E-state index contributed by atoms with van der Waals surface area (Å²) in [5.41, 5.74) is 14.5. The molecule has 0 amide bonds. The molecule has 0 fully saturated rings. The maximum atomic E-state index is 12.3. The lowest BCUT2D eigenvalue weighted by Crippen LogP contribution is -2.05. The van der Waals surface area contributed by atoms with Crippen LogP contribution in [0, 0.1) is 0 Å². The highest BCUT2D eigenvalue weighted by molar-refractivity contribution is 6.10. The monoisotopic (exact) mass is 297 g/mol. The number of ketones is 1. The Hall–Kier alpha value is -2.95. The largest absolute Gasteiger partial charge is 0.494 e. The lowest BCUT2D eigenvalue weighted by atomic mass is 10.1. The van der Waals surface area contributed by atoms with Gasteiger partial charge in [-0.25, -0.2) is 0 Å². The molecule has 2 aromatic carbocycles. The van der Waals surface area contributed by atoms with Gasteiger partial charge < -0.3 is 21.5 Å². The molecule has 5 nitrogen and oxygen atoms in total. The van der Waals surface area contributed by atoms with Gasteiger partial charge in [0.1, 0.15) is 0 Å². The van der Waals surface area contributed by atoms with Crippen molar-refractivity contribution in [3.05, 3.63) is 53.6 Å². The number of hydrogen-bond donors (Lipinski definition) is 3. The van der Waals surface area contributed by atoms with Gasteiger partial charge in [0.05, 0.1) is 24.0 Å². The maximum absolute atomic E-state index is 12.3. The van der Waals surface area contributed by atoms with Crippen molar-refractivity contribution >= 4 is 28.9 Å². The van der Waals surface area contributed by atoms with Crippen LogP contribution in [0.1, 0.15) is 15.9 Å². The third-order valence-corrected chi connectivity index (χ3v) is 3.33. The van der Waals surface area contributed by atoms with Gasteiger partial charge in [-0.05, 0) is 35.9 Å². The lowest BCUT2D eigenvalue weighted by Gasteiger charge is -2.10. The summed E-state index contributed by atoms with van der Waals surface area (Å²) in [6.45, 7) is 0. The molecule has 0 aromatic heterocycles. The van der Waals surface area contributed by atoms with Crippen LogP contribution in [0.5, 0.6) is 5.75 Å². The molecule has 2 aromatic rings. The van der Waals surface area contributed by atoms with Crippen LogP contribution in [0.2, 0.25) is 0 Å². The Kier molecular flexibility index (Phi) is 4.68. The van der Waals surface area contributed by atoms with Crippen molar-refractivity contribution < 1.29 is 9.53 Å². The van der Waals surface area contributed by atoms with Crippen molar-refractivity contribution in [3.8, 4) is 5.75 Å². The Balaban J connectivity index is 2.25. The number of benzene rings is 2. The summed E-state index contributed by atoms with van der Waals surface area (Å²) in [5, 5.41) is 3.04. The molecule has 5 heteroatoms. The van der Waals surface area contributed by atoms with Gasteiger partial charge in [0, 0.05) is 12.7 Å². The van der Waals surface area contributed by atoms with Crippen molar-refractivity contribution in [2.75, 3.05) is 30.9 Å². The summed E-state index contributed by atoms with van der Waals surface area (Å²) in [6, 6.07) is 10.9. The van der Waals surface area contributed by atoms with Crippen LogP contribution in [0.15, 0.2) is 42.5 Å². The van der Waals surface area contributed by atoms with Crippen LogP contribution in [0.4, 0.5) is 17.1 Å². The molecule has 0 aliphatic carbocycles. The molecule has 0 saturated carbocycles. The zero-order valence-electron chi connectivity index (χ0n) is 12.6. The number of carbonyl (C=O) groups is 1. The Bertz CT molecular complexity index is 707. The number of rotatable bonds is 5. The van der Waals surface area contributed by atoms with Crippen LogP contribution >= 0.6 is 0 Å². The molecule has 0 atom stereocenters. The van der Waals surface area contributed by atoms with Crippen molar-refractivity contribution in [2.45, 2.75) is 0 Å². The van der Waals surface area contributed by atoms with E-state index in [0.717, 1.165) is 11.3 Å². The third-order valence-electron chi connectivity index (χ3n) is 3.33. The van der Waals surface area contributed by atoms with Crippen molar-refractivity contribution in [3.63, 3.8) is 0 Å². The predicted octanol–water partition coefficient (Wildman–Crippen LogP) is 2.80.